The van der Waals surface area contributed by atoms with Gasteiger partial charge in [-0.3, -0.25) is 4.79 Å². The van der Waals surface area contributed by atoms with E-state index in [9.17, 15) is 4.79 Å². The predicted molar refractivity (Wildman–Crippen MR) is 105 cm³/mol. The molecule has 140 valence electrons. The number of hydrogen-bond donors (Lipinski definition) is 1. The Morgan fingerprint density at radius 2 is 1.89 bits per heavy atom. The van der Waals surface area contributed by atoms with E-state index in [0.717, 1.165) is 16.9 Å². The third kappa shape index (κ3) is 4.15. The molecule has 7 heteroatoms. The molecule has 28 heavy (non-hydrogen) atoms. The average Bonchev–Trinajstić information content (AvgIpc) is 3.40. The Hall–Kier alpha value is -3.74. The molecule has 1 N–H and O–H groups in total. The minimum Gasteiger partial charge on any atom is -0.441 e. The van der Waals surface area contributed by atoms with Gasteiger partial charge in [0, 0.05) is 24.1 Å². The van der Waals surface area contributed by atoms with Crippen LogP contribution in [0.4, 0.5) is 5.69 Å². The average molecular weight is 373 g/mol. The first-order chi connectivity index (χ1) is 13.7. The van der Waals surface area contributed by atoms with Gasteiger partial charge < -0.3 is 9.73 Å². The van der Waals surface area contributed by atoms with E-state index in [1.165, 1.54) is 11.9 Å². The molecule has 0 fully saturated rings. The number of benzene rings is 2. The highest BCUT2D eigenvalue weighted by atomic mass is 16.4. The lowest BCUT2D eigenvalue weighted by Gasteiger charge is -2.06. The van der Waals surface area contributed by atoms with E-state index in [-0.39, 0.29) is 5.91 Å². The molecule has 2 aromatic heterocycles. The second-order valence-electron chi connectivity index (χ2n) is 6.42. The van der Waals surface area contributed by atoms with Gasteiger partial charge >= 0.3 is 0 Å². The third-order valence-electron chi connectivity index (χ3n) is 4.29. The first-order valence-corrected chi connectivity index (χ1v) is 8.94. The molecule has 2 aromatic carbocycles. The Labute approximate surface area is 162 Å². The van der Waals surface area contributed by atoms with Crippen LogP contribution >= 0.6 is 0 Å². The maximum absolute atomic E-state index is 12.2. The molecule has 0 saturated carbocycles. The lowest BCUT2D eigenvalue weighted by Crippen LogP contribution is -2.12. The van der Waals surface area contributed by atoms with E-state index in [2.05, 4.69) is 20.4 Å². The number of hydrogen-bond acceptors (Lipinski definition) is 5. The van der Waals surface area contributed by atoms with E-state index in [4.69, 9.17) is 4.42 Å². The number of oxazole rings is 1. The predicted octanol–water partition coefficient (Wildman–Crippen LogP) is 3.80. The van der Waals surface area contributed by atoms with Crippen molar-refractivity contribution >= 4 is 11.6 Å². The van der Waals surface area contributed by atoms with Gasteiger partial charge in [0.25, 0.3) is 0 Å². The summed E-state index contributed by atoms with van der Waals surface area (Å²) in [6, 6.07) is 15.4. The summed E-state index contributed by atoms with van der Waals surface area (Å²) in [5.41, 5.74) is 3.76. The monoisotopic (exact) mass is 373 g/mol. The quantitative estimate of drug-likeness (QED) is 0.555. The number of carbonyl (C=O) groups excluding carboxylic acids is 1. The number of amides is 1. The smallest absolute Gasteiger partial charge is 0.224 e. The van der Waals surface area contributed by atoms with E-state index >= 15 is 0 Å². The van der Waals surface area contributed by atoms with Crippen LogP contribution in [0.2, 0.25) is 0 Å². The second kappa shape index (κ2) is 7.87. The van der Waals surface area contributed by atoms with Crippen LogP contribution < -0.4 is 5.32 Å². The Kier molecular flexibility index (Phi) is 4.97. The SMILES string of the molecule is Cc1ccc(-c2cnc(CCC(=O)Nc3ccc(-n4cncn4)cc3)o2)cc1. The van der Waals surface area contributed by atoms with Gasteiger partial charge in [-0.2, -0.15) is 5.10 Å². The third-order valence-corrected chi connectivity index (χ3v) is 4.29. The zero-order valence-electron chi connectivity index (χ0n) is 15.4. The maximum Gasteiger partial charge on any atom is 0.224 e. The standard InChI is InChI=1S/C21H19N5O2/c1-15-2-4-16(5-3-15)19-12-23-21(28-19)11-10-20(27)25-17-6-8-18(9-7-17)26-14-22-13-24-26/h2-9,12-14H,10-11H2,1H3,(H,25,27). The first-order valence-electron chi connectivity index (χ1n) is 8.94. The van der Waals surface area contributed by atoms with E-state index in [0.29, 0.717) is 24.5 Å². The number of carbonyl (C=O) groups is 1. The minimum absolute atomic E-state index is 0.0939. The summed E-state index contributed by atoms with van der Waals surface area (Å²) in [7, 11) is 0. The molecule has 4 aromatic rings. The normalized spacial score (nSPS) is 10.8. The van der Waals surface area contributed by atoms with Crippen LogP contribution in [-0.2, 0) is 11.2 Å². The Morgan fingerprint density at radius 1 is 1.11 bits per heavy atom. The highest BCUT2D eigenvalue weighted by Gasteiger charge is 2.09. The van der Waals surface area contributed by atoms with Gasteiger partial charge in [-0.05, 0) is 31.2 Å². The molecule has 7 nitrogen and oxygen atoms in total. The topological polar surface area (TPSA) is 85.8 Å². The van der Waals surface area contributed by atoms with Crippen molar-refractivity contribution in [2.24, 2.45) is 0 Å². The Morgan fingerprint density at radius 3 is 2.61 bits per heavy atom. The summed E-state index contributed by atoms with van der Waals surface area (Å²) in [5, 5.41) is 6.94. The molecule has 0 atom stereocenters. The van der Waals surface area contributed by atoms with Crippen LogP contribution in [0.25, 0.3) is 17.0 Å². The van der Waals surface area contributed by atoms with Crippen LogP contribution in [-0.4, -0.2) is 25.7 Å². The number of aromatic nitrogens is 4. The van der Waals surface area contributed by atoms with Gasteiger partial charge in [0.15, 0.2) is 11.7 Å². The molecule has 0 aliphatic heterocycles. The van der Waals surface area contributed by atoms with Crippen molar-refractivity contribution in [1.82, 2.24) is 19.7 Å². The molecule has 0 radical (unpaired) electrons. The fourth-order valence-corrected chi connectivity index (χ4v) is 2.76. The molecule has 1 amide bonds. The summed E-state index contributed by atoms with van der Waals surface area (Å²) < 4.78 is 7.41. The molecule has 0 aliphatic rings. The van der Waals surface area contributed by atoms with Crippen molar-refractivity contribution in [3.63, 3.8) is 0 Å². The van der Waals surface area contributed by atoms with E-state index in [1.54, 1.807) is 17.2 Å². The van der Waals surface area contributed by atoms with Crippen molar-refractivity contribution < 1.29 is 9.21 Å². The molecule has 2 heterocycles. The fraction of sp³-hybridized carbons (Fsp3) is 0.143. The number of nitrogens with one attached hydrogen (secondary N) is 1. The van der Waals surface area contributed by atoms with Crippen molar-refractivity contribution in [2.75, 3.05) is 5.32 Å². The molecule has 4 rings (SSSR count). The van der Waals surface area contributed by atoms with Crippen LogP contribution in [0, 0.1) is 6.92 Å². The second-order valence-corrected chi connectivity index (χ2v) is 6.42. The summed E-state index contributed by atoms with van der Waals surface area (Å²) in [5.74, 6) is 1.16. The van der Waals surface area contributed by atoms with Crippen LogP contribution in [0.15, 0.2) is 71.8 Å². The Bertz CT molecular complexity index is 1050. The van der Waals surface area contributed by atoms with Crippen molar-refractivity contribution in [2.45, 2.75) is 19.8 Å². The number of nitrogens with zero attached hydrogens (tertiary/aromatic N) is 4. The van der Waals surface area contributed by atoms with Crippen LogP contribution in [0.1, 0.15) is 17.9 Å². The summed E-state index contributed by atoms with van der Waals surface area (Å²) in [4.78, 5) is 20.4. The largest absolute Gasteiger partial charge is 0.441 e. The Balaban J connectivity index is 1.31. The zero-order valence-corrected chi connectivity index (χ0v) is 15.4. The molecule has 0 saturated heterocycles. The molecule has 0 spiro atoms. The van der Waals surface area contributed by atoms with E-state index < -0.39 is 0 Å². The van der Waals surface area contributed by atoms with Gasteiger partial charge in [0.05, 0.1) is 11.9 Å². The van der Waals surface area contributed by atoms with Crippen LogP contribution in [0.3, 0.4) is 0 Å². The number of aryl methyl sites for hydroxylation is 2. The lowest BCUT2D eigenvalue weighted by molar-refractivity contribution is -0.116. The number of anilines is 1. The van der Waals surface area contributed by atoms with Gasteiger partial charge in [0.2, 0.25) is 5.91 Å². The lowest BCUT2D eigenvalue weighted by atomic mass is 10.1. The number of rotatable bonds is 6. The molecule has 0 bridgehead atoms. The fourth-order valence-electron chi connectivity index (χ4n) is 2.76. The molecule has 0 unspecified atom stereocenters. The van der Waals surface area contributed by atoms with Gasteiger partial charge in [0.1, 0.15) is 12.7 Å². The molecule has 0 aliphatic carbocycles. The molecular formula is C21H19N5O2. The van der Waals surface area contributed by atoms with Crippen LogP contribution in [0.5, 0.6) is 0 Å². The van der Waals surface area contributed by atoms with Crippen molar-refractivity contribution in [3.8, 4) is 17.0 Å². The summed E-state index contributed by atoms with van der Waals surface area (Å²) in [6.45, 7) is 2.04. The van der Waals surface area contributed by atoms with Gasteiger partial charge in [-0.1, -0.05) is 29.8 Å². The first kappa shape index (κ1) is 17.7. The highest BCUT2D eigenvalue weighted by molar-refractivity contribution is 5.90. The summed E-state index contributed by atoms with van der Waals surface area (Å²) in [6.07, 6.45) is 5.52. The summed E-state index contributed by atoms with van der Waals surface area (Å²) >= 11 is 0. The minimum atomic E-state index is -0.0939. The maximum atomic E-state index is 12.2. The highest BCUT2D eigenvalue weighted by Crippen LogP contribution is 2.21. The molecular weight excluding hydrogens is 354 g/mol. The van der Waals surface area contributed by atoms with Crippen molar-refractivity contribution in [1.29, 1.82) is 0 Å². The van der Waals surface area contributed by atoms with Gasteiger partial charge in [-0.25, -0.2) is 14.6 Å². The van der Waals surface area contributed by atoms with Gasteiger partial charge in [-0.15, -0.1) is 0 Å². The van der Waals surface area contributed by atoms with Crippen molar-refractivity contribution in [3.05, 3.63) is 78.8 Å². The van der Waals surface area contributed by atoms with E-state index in [1.807, 2.05) is 55.5 Å². The zero-order chi connectivity index (χ0) is 19.3.